The Balaban J connectivity index is 1.60. The average molecular weight is 266 g/mol. The number of nitrogens with one attached hydrogen (secondary N) is 1. The van der Waals surface area contributed by atoms with E-state index in [1.54, 1.807) is 0 Å². The first-order valence-electron chi connectivity index (χ1n) is 8.27. The molecule has 1 saturated heterocycles. The number of nitrogens with zero attached hydrogens (tertiary/aromatic N) is 1. The van der Waals surface area contributed by atoms with Crippen LogP contribution in [0.2, 0.25) is 0 Å². The fourth-order valence-corrected chi connectivity index (χ4v) is 3.28. The lowest BCUT2D eigenvalue weighted by Crippen LogP contribution is -2.40. The van der Waals surface area contributed by atoms with Crippen LogP contribution in [0.3, 0.4) is 0 Å². The number of hydrogen-bond donors (Lipinski definition) is 1. The number of likely N-dealkylation sites (tertiary alicyclic amines) is 1. The van der Waals surface area contributed by atoms with Gasteiger partial charge in [-0.15, -0.1) is 0 Å². The monoisotopic (exact) mass is 266 g/mol. The molecule has 1 N–H and O–H groups in total. The lowest BCUT2D eigenvalue weighted by molar-refractivity contribution is -0.132. The van der Waals surface area contributed by atoms with Crippen molar-refractivity contribution in [2.75, 3.05) is 19.6 Å². The summed E-state index contributed by atoms with van der Waals surface area (Å²) in [7, 11) is 0. The second-order valence-electron chi connectivity index (χ2n) is 6.46. The molecule has 1 aliphatic heterocycles. The molecule has 2 fully saturated rings. The van der Waals surface area contributed by atoms with E-state index in [0.29, 0.717) is 18.4 Å². The predicted octanol–water partition coefficient (Wildman–Crippen LogP) is 2.95. The molecule has 0 atom stereocenters. The van der Waals surface area contributed by atoms with Gasteiger partial charge in [-0.2, -0.15) is 0 Å². The van der Waals surface area contributed by atoms with Gasteiger partial charge in [0.25, 0.3) is 0 Å². The van der Waals surface area contributed by atoms with Crippen molar-refractivity contribution < 1.29 is 4.79 Å². The maximum Gasteiger partial charge on any atom is 0.223 e. The second-order valence-corrected chi connectivity index (χ2v) is 6.46. The zero-order chi connectivity index (χ0) is 13.5. The summed E-state index contributed by atoms with van der Waals surface area (Å²) < 4.78 is 0. The van der Waals surface area contributed by atoms with Gasteiger partial charge < -0.3 is 10.2 Å². The zero-order valence-electron chi connectivity index (χ0n) is 12.5. The molecule has 1 heterocycles. The number of carbonyl (C=O) groups excluding carboxylic acids is 1. The summed E-state index contributed by atoms with van der Waals surface area (Å²) in [5.74, 6) is 1.15. The number of amides is 1. The minimum Gasteiger partial charge on any atom is -0.343 e. The van der Waals surface area contributed by atoms with Crippen LogP contribution in [0.25, 0.3) is 0 Å². The highest BCUT2D eigenvalue weighted by Crippen LogP contribution is 2.18. The number of hydrogen-bond acceptors (Lipinski definition) is 2. The first kappa shape index (κ1) is 14.8. The van der Waals surface area contributed by atoms with E-state index in [4.69, 9.17) is 0 Å². The van der Waals surface area contributed by atoms with Crippen LogP contribution < -0.4 is 5.32 Å². The third-order valence-electron chi connectivity index (χ3n) is 4.76. The fourth-order valence-electron chi connectivity index (χ4n) is 3.28. The largest absolute Gasteiger partial charge is 0.343 e. The topological polar surface area (TPSA) is 32.3 Å². The van der Waals surface area contributed by atoms with E-state index in [1.807, 2.05) is 0 Å². The van der Waals surface area contributed by atoms with Crippen molar-refractivity contribution in [3.8, 4) is 0 Å². The summed E-state index contributed by atoms with van der Waals surface area (Å²) >= 11 is 0. The Bertz CT molecular complexity index is 264. The van der Waals surface area contributed by atoms with Crippen LogP contribution in [0.1, 0.15) is 64.7 Å². The van der Waals surface area contributed by atoms with Gasteiger partial charge in [-0.1, -0.05) is 32.6 Å². The van der Waals surface area contributed by atoms with E-state index in [0.717, 1.165) is 25.6 Å². The molecule has 0 aromatic carbocycles. The van der Waals surface area contributed by atoms with E-state index in [2.05, 4.69) is 17.1 Å². The minimum absolute atomic E-state index is 0.355. The summed E-state index contributed by atoms with van der Waals surface area (Å²) in [4.78, 5) is 14.2. The molecule has 0 aromatic heterocycles. The van der Waals surface area contributed by atoms with Crippen LogP contribution in [0.15, 0.2) is 0 Å². The minimum atomic E-state index is 0.355. The summed E-state index contributed by atoms with van der Waals surface area (Å²) in [6.45, 7) is 5.11. The van der Waals surface area contributed by atoms with Gasteiger partial charge >= 0.3 is 0 Å². The molecule has 1 amide bonds. The standard InChI is InChI=1S/C16H30N2O/c1-14-9-12-18(13-10-14)16(19)8-11-17-15-6-4-2-3-5-7-15/h14-15,17H,2-13H2,1H3. The molecule has 110 valence electrons. The van der Waals surface area contributed by atoms with Crippen molar-refractivity contribution in [2.45, 2.75) is 70.8 Å². The average Bonchev–Trinajstić information content (AvgIpc) is 2.68. The quantitative estimate of drug-likeness (QED) is 0.794. The SMILES string of the molecule is CC1CCN(C(=O)CCNC2CCCCCC2)CC1. The number of rotatable bonds is 4. The molecule has 2 aliphatic rings. The van der Waals surface area contributed by atoms with Crippen LogP contribution in [0.5, 0.6) is 0 Å². The Labute approximate surface area is 118 Å². The van der Waals surface area contributed by atoms with Crippen molar-refractivity contribution in [1.29, 1.82) is 0 Å². The van der Waals surface area contributed by atoms with Gasteiger partial charge in [0.05, 0.1) is 0 Å². The third-order valence-corrected chi connectivity index (χ3v) is 4.76. The Morgan fingerprint density at radius 3 is 2.32 bits per heavy atom. The molecule has 0 bridgehead atoms. The summed E-state index contributed by atoms with van der Waals surface area (Å²) in [5.41, 5.74) is 0. The van der Waals surface area contributed by atoms with Gasteiger partial charge in [0.2, 0.25) is 5.91 Å². The Morgan fingerprint density at radius 1 is 1.05 bits per heavy atom. The van der Waals surface area contributed by atoms with E-state index in [-0.39, 0.29) is 0 Å². The number of carbonyl (C=O) groups is 1. The zero-order valence-corrected chi connectivity index (χ0v) is 12.5. The van der Waals surface area contributed by atoms with Gasteiger partial charge in [-0.05, 0) is 31.6 Å². The predicted molar refractivity (Wildman–Crippen MR) is 79.1 cm³/mol. The second kappa shape index (κ2) is 7.88. The first-order valence-corrected chi connectivity index (χ1v) is 8.27. The fraction of sp³-hybridized carbons (Fsp3) is 0.938. The van der Waals surface area contributed by atoms with Gasteiger partial charge in [-0.3, -0.25) is 4.79 Å². The van der Waals surface area contributed by atoms with Crippen LogP contribution >= 0.6 is 0 Å². The highest BCUT2D eigenvalue weighted by Gasteiger charge is 2.20. The van der Waals surface area contributed by atoms with Gasteiger partial charge in [0, 0.05) is 32.1 Å². The van der Waals surface area contributed by atoms with Crippen LogP contribution in [-0.2, 0) is 4.79 Å². The summed E-state index contributed by atoms with van der Waals surface area (Å²) in [6.07, 6.45) is 11.1. The van der Waals surface area contributed by atoms with Crippen molar-refractivity contribution in [3.05, 3.63) is 0 Å². The van der Waals surface area contributed by atoms with Crippen LogP contribution in [-0.4, -0.2) is 36.5 Å². The molecule has 0 aromatic rings. The summed E-state index contributed by atoms with van der Waals surface area (Å²) in [6, 6.07) is 0.664. The molecule has 0 spiro atoms. The Kier molecular flexibility index (Phi) is 6.15. The smallest absolute Gasteiger partial charge is 0.223 e. The lowest BCUT2D eigenvalue weighted by atomic mass is 9.99. The van der Waals surface area contributed by atoms with Crippen molar-refractivity contribution in [3.63, 3.8) is 0 Å². The molecule has 3 heteroatoms. The molecular weight excluding hydrogens is 236 g/mol. The van der Waals surface area contributed by atoms with Gasteiger partial charge in [0.15, 0.2) is 0 Å². The van der Waals surface area contributed by atoms with Crippen LogP contribution in [0, 0.1) is 5.92 Å². The van der Waals surface area contributed by atoms with Gasteiger partial charge in [0.1, 0.15) is 0 Å². The molecule has 1 aliphatic carbocycles. The van der Waals surface area contributed by atoms with Gasteiger partial charge in [-0.25, -0.2) is 0 Å². The lowest BCUT2D eigenvalue weighted by Gasteiger charge is -2.30. The van der Waals surface area contributed by atoms with E-state index >= 15 is 0 Å². The first-order chi connectivity index (χ1) is 9.25. The van der Waals surface area contributed by atoms with Crippen molar-refractivity contribution in [2.24, 2.45) is 5.92 Å². The highest BCUT2D eigenvalue weighted by molar-refractivity contribution is 5.76. The van der Waals surface area contributed by atoms with E-state index < -0.39 is 0 Å². The highest BCUT2D eigenvalue weighted by atomic mass is 16.2. The molecule has 0 unspecified atom stereocenters. The molecule has 2 rings (SSSR count). The normalized spacial score (nSPS) is 23.3. The molecule has 19 heavy (non-hydrogen) atoms. The molecule has 0 radical (unpaired) electrons. The third kappa shape index (κ3) is 5.13. The van der Waals surface area contributed by atoms with E-state index in [9.17, 15) is 4.79 Å². The van der Waals surface area contributed by atoms with Crippen molar-refractivity contribution in [1.82, 2.24) is 10.2 Å². The molecule has 3 nitrogen and oxygen atoms in total. The summed E-state index contributed by atoms with van der Waals surface area (Å²) in [5, 5.41) is 3.59. The maximum absolute atomic E-state index is 12.1. The Morgan fingerprint density at radius 2 is 1.68 bits per heavy atom. The molecular formula is C16H30N2O. The van der Waals surface area contributed by atoms with Crippen molar-refractivity contribution >= 4 is 5.91 Å². The molecule has 1 saturated carbocycles. The van der Waals surface area contributed by atoms with Crippen LogP contribution in [0.4, 0.5) is 0 Å². The Hall–Kier alpha value is -0.570. The van der Waals surface area contributed by atoms with E-state index in [1.165, 1.54) is 51.4 Å². The number of piperidine rings is 1. The maximum atomic E-state index is 12.1.